The fraction of sp³-hybridized carbons (Fsp3) is 0.409. The van der Waals surface area contributed by atoms with Crippen molar-refractivity contribution in [2.45, 2.75) is 62.1 Å². The summed E-state index contributed by atoms with van der Waals surface area (Å²) >= 11 is 0. The van der Waals surface area contributed by atoms with Crippen molar-refractivity contribution in [1.82, 2.24) is 5.32 Å². The lowest BCUT2D eigenvalue weighted by molar-refractivity contribution is -0.124. The van der Waals surface area contributed by atoms with Crippen LogP contribution in [-0.4, -0.2) is 19.1 Å². The van der Waals surface area contributed by atoms with Crippen LogP contribution in [0.3, 0.4) is 0 Å². The van der Waals surface area contributed by atoms with Gasteiger partial charge in [-0.2, -0.15) is 0 Å². The Kier molecular flexibility index (Phi) is 5.43. The Bertz CT molecular complexity index is 929. The fourth-order valence-corrected chi connectivity index (χ4v) is 6.31. The summed E-state index contributed by atoms with van der Waals surface area (Å²) in [7, 11) is -3.79. The first kappa shape index (κ1) is 19.6. The van der Waals surface area contributed by atoms with E-state index in [-0.39, 0.29) is 16.8 Å². The first-order chi connectivity index (χ1) is 12.8. The molecule has 1 N–H and O–H groups in total. The average molecular weight is 386 g/mol. The Morgan fingerprint density at radius 1 is 1.04 bits per heavy atom. The molecule has 1 fully saturated rings. The summed E-state index contributed by atoms with van der Waals surface area (Å²) < 4.78 is 25.9. The minimum Gasteiger partial charge on any atom is -0.348 e. The predicted octanol–water partition coefficient (Wildman–Crippen LogP) is 4.27. The van der Waals surface area contributed by atoms with Crippen molar-refractivity contribution in [2.75, 3.05) is 0 Å². The van der Waals surface area contributed by atoms with E-state index in [2.05, 4.69) is 5.32 Å². The standard InChI is InChI=1S/C22H27NO3S/c1-16-11-12-17(2)20(15-16)27(25,26)22(13-7-8-14-22)21(24)23-18(3)19-9-5-4-6-10-19/h4-6,9-12,15,18H,7-8,13-14H2,1-3H3,(H,23,24)/t18-/m1/s1. The van der Waals surface area contributed by atoms with Crippen LogP contribution < -0.4 is 5.32 Å². The Morgan fingerprint density at radius 3 is 2.30 bits per heavy atom. The van der Waals surface area contributed by atoms with Crippen molar-refractivity contribution < 1.29 is 13.2 Å². The van der Waals surface area contributed by atoms with Crippen LogP contribution in [0.2, 0.25) is 0 Å². The van der Waals surface area contributed by atoms with E-state index < -0.39 is 14.6 Å². The minimum atomic E-state index is -3.79. The van der Waals surface area contributed by atoms with Crippen LogP contribution in [0, 0.1) is 13.8 Å². The van der Waals surface area contributed by atoms with Gasteiger partial charge in [0.15, 0.2) is 14.6 Å². The van der Waals surface area contributed by atoms with Crippen LogP contribution in [0.25, 0.3) is 0 Å². The van der Waals surface area contributed by atoms with E-state index in [4.69, 9.17) is 0 Å². The quantitative estimate of drug-likeness (QED) is 0.836. The minimum absolute atomic E-state index is 0.245. The van der Waals surface area contributed by atoms with Crippen molar-refractivity contribution in [1.29, 1.82) is 0 Å². The van der Waals surface area contributed by atoms with Gasteiger partial charge in [-0.1, -0.05) is 55.3 Å². The lowest BCUT2D eigenvalue weighted by atomic mass is 10.0. The van der Waals surface area contributed by atoms with Crippen molar-refractivity contribution >= 4 is 15.7 Å². The third-order valence-corrected chi connectivity index (χ3v) is 8.26. The molecule has 27 heavy (non-hydrogen) atoms. The lowest BCUT2D eigenvalue weighted by Gasteiger charge is -2.30. The number of benzene rings is 2. The highest BCUT2D eigenvalue weighted by atomic mass is 32.2. The SMILES string of the molecule is Cc1ccc(C)c(S(=O)(=O)C2(C(=O)N[C@H](C)c3ccccc3)CCCC2)c1. The molecule has 0 spiro atoms. The molecule has 2 aromatic carbocycles. The van der Waals surface area contributed by atoms with Gasteiger partial charge in [0.1, 0.15) is 0 Å². The van der Waals surface area contributed by atoms with Crippen molar-refractivity contribution in [2.24, 2.45) is 0 Å². The number of amides is 1. The second kappa shape index (κ2) is 7.47. The maximum Gasteiger partial charge on any atom is 0.242 e. The smallest absolute Gasteiger partial charge is 0.242 e. The zero-order valence-electron chi connectivity index (χ0n) is 16.2. The molecule has 5 heteroatoms. The predicted molar refractivity (Wildman–Crippen MR) is 107 cm³/mol. The zero-order valence-corrected chi connectivity index (χ0v) is 17.0. The highest BCUT2D eigenvalue weighted by molar-refractivity contribution is 7.93. The van der Waals surface area contributed by atoms with E-state index >= 15 is 0 Å². The Hall–Kier alpha value is -2.14. The molecule has 0 saturated heterocycles. The van der Waals surface area contributed by atoms with Gasteiger partial charge in [0.2, 0.25) is 5.91 Å². The van der Waals surface area contributed by atoms with E-state index in [1.165, 1.54) is 0 Å². The summed E-state index contributed by atoms with van der Waals surface area (Å²) in [5, 5.41) is 2.97. The monoisotopic (exact) mass is 385 g/mol. The average Bonchev–Trinajstić information content (AvgIpc) is 3.16. The molecule has 1 saturated carbocycles. The van der Waals surface area contributed by atoms with Crippen LogP contribution in [-0.2, 0) is 14.6 Å². The molecule has 2 aromatic rings. The number of nitrogens with one attached hydrogen (secondary N) is 1. The van der Waals surface area contributed by atoms with Gasteiger partial charge in [-0.15, -0.1) is 0 Å². The number of aryl methyl sites for hydroxylation is 2. The highest BCUT2D eigenvalue weighted by Gasteiger charge is 2.53. The number of carbonyl (C=O) groups excluding carboxylic acids is 1. The second-order valence-corrected chi connectivity index (χ2v) is 9.81. The van der Waals surface area contributed by atoms with E-state index in [0.717, 1.165) is 24.0 Å². The molecule has 0 aromatic heterocycles. The summed E-state index contributed by atoms with van der Waals surface area (Å²) in [6.45, 7) is 5.55. The first-order valence-electron chi connectivity index (χ1n) is 9.46. The van der Waals surface area contributed by atoms with Crippen molar-refractivity contribution in [3.63, 3.8) is 0 Å². The summed E-state index contributed by atoms with van der Waals surface area (Å²) in [6, 6.07) is 14.8. The third kappa shape index (κ3) is 3.53. The summed E-state index contributed by atoms with van der Waals surface area (Å²) in [6.07, 6.45) is 2.24. The van der Waals surface area contributed by atoms with Gasteiger partial charge < -0.3 is 5.32 Å². The Labute approximate surface area is 161 Å². The van der Waals surface area contributed by atoms with E-state index in [1.807, 2.05) is 56.3 Å². The molecule has 144 valence electrons. The number of hydrogen-bond acceptors (Lipinski definition) is 3. The van der Waals surface area contributed by atoms with Gasteiger partial charge >= 0.3 is 0 Å². The summed E-state index contributed by atoms with van der Waals surface area (Å²) in [5.74, 6) is -0.378. The lowest BCUT2D eigenvalue weighted by Crippen LogP contribution is -2.51. The molecular weight excluding hydrogens is 358 g/mol. The van der Waals surface area contributed by atoms with Crippen LogP contribution in [0.5, 0.6) is 0 Å². The van der Waals surface area contributed by atoms with Crippen LogP contribution in [0.4, 0.5) is 0 Å². The normalized spacial score (nSPS) is 17.4. The maximum absolute atomic E-state index is 13.6. The van der Waals surface area contributed by atoms with Gasteiger partial charge in [0.05, 0.1) is 10.9 Å². The van der Waals surface area contributed by atoms with E-state index in [1.54, 1.807) is 13.0 Å². The van der Waals surface area contributed by atoms with Gasteiger partial charge in [0, 0.05) is 0 Å². The summed E-state index contributed by atoms with van der Waals surface area (Å²) in [4.78, 5) is 13.6. The number of rotatable bonds is 5. The molecule has 0 radical (unpaired) electrons. The molecule has 1 atom stereocenters. The van der Waals surface area contributed by atoms with Crippen LogP contribution >= 0.6 is 0 Å². The Morgan fingerprint density at radius 2 is 1.67 bits per heavy atom. The number of sulfone groups is 1. The third-order valence-electron chi connectivity index (χ3n) is 5.62. The van der Waals surface area contributed by atoms with Crippen molar-refractivity contribution in [3.05, 3.63) is 65.2 Å². The molecule has 0 aliphatic heterocycles. The maximum atomic E-state index is 13.6. The fourth-order valence-electron chi connectivity index (χ4n) is 3.92. The molecule has 1 aliphatic carbocycles. The highest BCUT2D eigenvalue weighted by Crippen LogP contribution is 2.42. The summed E-state index contributed by atoms with van der Waals surface area (Å²) in [5.41, 5.74) is 2.53. The molecule has 0 unspecified atom stereocenters. The number of hydrogen-bond donors (Lipinski definition) is 1. The molecule has 1 aliphatic rings. The molecule has 1 amide bonds. The molecule has 3 rings (SSSR count). The van der Waals surface area contributed by atoms with Gasteiger partial charge in [-0.3, -0.25) is 4.79 Å². The van der Waals surface area contributed by atoms with E-state index in [0.29, 0.717) is 18.4 Å². The largest absolute Gasteiger partial charge is 0.348 e. The van der Waals surface area contributed by atoms with E-state index in [9.17, 15) is 13.2 Å². The second-order valence-electron chi connectivity index (χ2n) is 7.58. The van der Waals surface area contributed by atoms with Crippen LogP contribution in [0.15, 0.2) is 53.4 Å². The molecule has 0 bridgehead atoms. The zero-order chi connectivity index (χ0) is 19.7. The first-order valence-corrected chi connectivity index (χ1v) is 10.9. The topological polar surface area (TPSA) is 63.2 Å². The molecular formula is C22H27NO3S. The van der Waals surface area contributed by atoms with Gasteiger partial charge in [0.25, 0.3) is 0 Å². The van der Waals surface area contributed by atoms with Gasteiger partial charge in [-0.25, -0.2) is 8.42 Å². The van der Waals surface area contributed by atoms with Crippen molar-refractivity contribution in [3.8, 4) is 0 Å². The number of carbonyl (C=O) groups is 1. The molecule has 4 nitrogen and oxygen atoms in total. The van der Waals surface area contributed by atoms with Crippen LogP contribution in [0.1, 0.15) is 55.3 Å². The Balaban J connectivity index is 1.98. The molecule has 0 heterocycles. The van der Waals surface area contributed by atoms with Gasteiger partial charge in [-0.05, 0) is 56.4 Å².